The number of carbonyl (C=O) groups excluding carboxylic acids is 4. The molecule has 11 heteroatoms. The van der Waals surface area contributed by atoms with E-state index >= 15 is 0 Å². The number of aromatic nitrogens is 3. The lowest BCUT2D eigenvalue weighted by Crippen LogP contribution is -2.69. The number of nitrogens with zero attached hydrogens (tertiary/aromatic N) is 4. The Morgan fingerprint density at radius 3 is 1.73 bits per heavy atom. The van der Waals surface area contributed by atoms with E-state index < -0.39 is 0 Å². The molecule has 0 saturated carbocycles. The zero-order valence-corrected chi connectivity index (χ0v) is 19.9. The SMILES string of the molecule is CC(=O)NCC1CC2(CC(=O)Cn3cc(C)nn3)C[C@@H](CNC(C)=O)N1[C@@H](CNC(C)=O)C2. The maximum atomic E-state index is 13.1. The lowest BCUT2D eigenvalue weighted by Gasteiger charge is -2.60. The fraction of sp³-hybridized carbons (Fsp3) is 0.727. The van der Waals surface area contributed by atoms with Crippen LogP contribution in [0, 0.1) is 12.3 Å². The number of carbonyl (C=O) groups is 4. The van der Waals surface area contributed by atoms with Gasteiger partial charge in [0, 0.05) is 71.1 Å². The maximum absolute atomic E-state index is 13.1. The highest BCUT2D eigenvalue weighted by Gasteiger charge is 2.53. The van der Waals surface area contributed by atoms with Gasteiger partial charge >= 0.3 is 0 Å². The van der Waals surface area contributed by atoms with Crippen molar-refractivity contribution >= 4 is 23.5 Å². The van der Waals surface area contributed by atoms with E-state index in [1.54, 1.807) is 10.9 Å². The first-order valence-electron chi connectivity index (χ1n) is 11.5. The van der Waals surface area contributed by atoms with Gasteiger partial charge in [-0.25, -0.2) is 4.68 Å². The average Bonchev–Trinajstić information content (AvgIpc) is 3.13. The summed E-state index contributed by atoms with van der Waals surface area (Å²) in [5.74, 6) is -0.256. The Balaban J connectivity index is 1.84. The summed E-state index contributed by atoms with van der Waals surface area (Å²) < 4.78 is 1.56. The first-order valence-corrected chi connectivity index (χ1v) is 11.5. The van der Waals surface area contributed by atoms with Gasteiger partial charge in [-0.05, 0) is 31.6 Å². The molecule has 11 nitrogen and oxygen atoms in total. The van der Waals surface area contributed by atoms with Crippen LogP contribution in [-0.4, -0.2) is 81.2 Å². The van der Waals surface area contributed by atoms with E-state index in [9.17, 15) is 19.2 Å². The number of ketones is 1. The van der Waals surface area contributed by atoms with Crippen molar-refractivity contribution in [3.05, 3.63) is 11.9 Å². The minimum Gasteiger partial charge on any atom is -0.355 e. The number of piperidine rings is 3. The normalized spacial score (nSPS) is 28.2. The first kappa shape index (κ1) is 24.8. The predicted octanol–water partition coefficient (Wildman–Crippen LogP) is -0.454. The summed E-state index contributed by atoms with van der Waals surface area (Å²) in [6.45, 7) is 7.82. The fourth-order valence-electron chi connectivity index (χ4n) is 5.62. The Labute approximate surface area is 194 Å². The van der Waals surface area contributed by atoms with Crippen LogP contribution in [0.3, 0.4) is 0 Å². The van der Waals surface area contributed by atoms with E-state index in [1.807, 2.05) is 6.92 Å². The molecule has 33 heavy (non-hydrogen) atoms. The third-order valence-corrected chi connectivity index (χ3v) is 6.59. The Bertz CT molecular complexity index is 830. The maximum Gasteiger partial charge on any atom is 0.216 e. The monoisotopic (exact) mass is 461 g/mol. The summed E-state index contributed by atoms with van der Waals surface area (Å²) in [5.41, 5.74) is 0.477. The van der Waals surface area contributed by atoms with Crippen LogP contribution in [0.4, 0.5) is 0 Å². The summed E-state index contributed by atoms with van der Waals surface area (Å²) >= 11 is 0. The van der Waals surface area contributed by atoms with Crippen molar-refractivity contribution in [2.45, 2.75) is 78.0 Å². The van der Waals surface area contributed by atoms with Gasteiger partial charge in [-0.3, -0.25) is 24.1 Å². The molecule has 182 valence electrons. The smallest absolute Gasteiger partial charge is 0.216 e. The highest BCUT2D eigenvalue weighted by molar-refractivity contribution is 5.79. The Kier molecular flexibility index (Phi) is 7.83. The van der Waals surface area contributed by atoms with Gasteiger partial charge in [0.25, 0.3) is 0 Å². The number of hydrogen-bond acceptors (Lipinski definition) is 7. The topological polar surface area (TPSA) is 138 Å². The van der Waals surface area contributed by atoms with Crippen LogP contribution in [-0.2, 0) is 25.7 Å². The number of amides is 3. The molecular formula is C22H35N7O4. The van der Waals surface area contributed by atoms with E-state index in [0.717, 1.165) is 25.0 Å². The average molecular weight is 462 g/mol. The van der Waals surface area contributed by atoms with Crippen LogP contribution in [0.2, 0.25) is 0 Å². The van der Waals surface area contributed by atoms with Crippen molar-refractivity contribution < 1.29 is 19.2 Å². The molecule has 3 saturated heterocycles. The van der Waals surface area contributed by atoms with E-state index in [-0.39, 0.29) is 53.6 Å². The number of hydrogen-bond donors (Lipinski definition) is 3. The van der Waals surface area contributed by atoms with Gasteiger partial charge in [0.05, 0.1) is 5.69 Å². The van der Waals surface area contributed by atoms with Crippen LogP contribution in [0.5, 0.6) is 0 Å². The molecule has 3 aliphatic heterocycles. The standard InChI is InChI=1S/C22H35N7O4/c1-14-12-28(27-26-14)13-21(33)8-22-5-18(9-23-15(2)30)29(19(6-22)10-24-16(3)31)20(7-22)11-25-17(4)32/h12,18-20H,5-11,13H2,1-4H3,(H,23,30)(H,24,31)(H,25,32)/t18-,19+,20?,22?. The molecular weight excluding hydrogens is 426 g/mol. The summed E-state index contributed by atoms with van der Waals surface area (Å²) in [7, 11) is 0. The lowest BCUT2D eigenvalue weighted by atomic mass is 9.61. The third-order valence-electron chi connectivity index (χ3n) is 6.59. The zero-order chi connectivity index (χ0) is 24.2. The van der Waals surface area contributed by atoms with E-state index in [2.05, 4.69) is 31.2 Å². The summed E-state index contributed by atoms with van der Waals surface area (Å²) in [6.07, 6.45) is 4.43. The molecule has 2 bridgehead atoms. The summed E-state index contributed by atoms with van der Waals surface area (Å²) in [5, 5.41) is 16.7. The first-order chi connectivity index (χ1) is 15.6. The molecule has 5 atom stereocenters. The number of rotatable bonds is 10. The summed E-state index contributed by atoms with van der Waals surface area (Å²) in [4.78, 5) is 50.3. The second-order valence-corrected chi connectivity index (χ2v) is 9.61. The molecule has 3 N–H and O–H groups in total. The molecule has 3 amide bonds. The molecule has 4 heterocycles. The third kappa shape index (κ3) is 6.59. The van der Waals surface area contributed by atoms with Crippen molar-refractivity contribution in [2.75, 3.05) is 19.6 Å². The molecule has 0 spiro atoms. The molecule has 1 aromatic rings. The number of Topliss-reactive ketones (excluding diaryl/α,β-unsaturated/α-hetero) is 1. The van der Waals surface area contributed by atoms with Crippen LogP contribution in [0.25, 0.3) is 0 Å². The van der Waals surface area contributed by atoms with Crippen molar-refractivity contribution in [2.24, 2.45) is 5.41 Å². The largest absolute Gasteiger partial charge is 0.355 e. The Hall–Kier alpha value is -2.82. The van der Waals surface area contributed by atoms with Gasteiger partial charge in [-0.1, -0.05) is 5.21 Å². The van der Waals surface area contributed by atoms with E-state index in [0.29, 0.717) is 26.1 Å². The lowest BCUT2D eigenvalue weighted by molar-refractivity contribution is -0.137. The number of aryl methyl sites for hydroxylation is 1. The van der Waals surface area contributed by atoms with E-state index in [4.69, 9.17) is 0 Å². The van der Waals surface area contributed by atoms with Crippen LogP contribution < -0.4 is 16.0 Å². The second kappa shape index (κ2) is 10.4. The fourth-order valence-corrected chi connectivity index (χ4v) is 5.62. The predicted molar refractivity (Wildman–Crippen MR) is 120 cm³/mol. The van der Waals surface area contributed by atoms with Crippen molar-refractivity contribution in [3.63, 3.8) is 0 Å². The van der Waals surface area contributed by atoms with Gasteiger partial charge in [0.2, 0.25) is 17.7 Å². The molecule has 3 aliphatic rings. The molecule has 3 unspecified atom stereocenters. The summed E-state index contributed by atoms with van der Waals surface area (Å²) in [6, 6.07) is 0.0287. The highest BCUT2D eigenvalue weighted by atomic mass is 16.2. The van der Waals surface area contributed by atoms with Gasteiger partial charge in [0.15, 0.2) is 5.78 Å². The number of fused-ring (bicyclic) bond motifs is 3. The molecule has 4 rings (SSSR count). The van der Waals surface area contributed by atoms with Crippen LogP contribution in [0.15, 0.2) is 6.20 Å². The van der Waals surface area contributed by atoms with Crippen LogP contribution in [0.1, 0.15) is 52.1 Å². The molecule has 1 aromatic heterocycles. The van der Waals surface area contributed by atoms with Gasteiger partial charge in [-0.15, -0.1) is 5.10 Å². The van der Waals surface area contributed by atoms with Crippen LogP contribution >= 0.6 is 0 Å². The quantitative estimate of drug-likeness (QED) is 0.429. The molecule has 0 radical (unpaired) electrons. The Morgan fingerprint density at radius 1 is 0.909 bits per heavy atom. The zero-order valence-electron chi connectivity index (χ0n) is 19.9. The van der Waals surface area contributed by atoms with Gasteiger partial charge < -0.3 is 16.0 Å². The molecule has 0 aliphatic carbocycles. The minimum absolute atomic E-state index is 0.00957. The van der Waals surface area contributed by atoms with Crippen molar-refractivity contribution in [3.8, 4) is 0 Å². The second-order valence-electron chi connectivity index (χ2n) is 9.61. The molecule has 0 aromatic carbocycles. The van der Waals surface area contributed by atoms with Gasteiger partial charge in [0.1, 0.15) is 6.54 Å². The highest BCUT2D eigenvalue weighted by Crippen LogP contribution is 2.51. The number of nitrogens with one attached hydrogen (secondary N) is 3. The van der Waals surface area contributed by atoms with Crippen molar-refractivity contribution in [1.29, 1.82) is 0 Å². The van der Waals surface area contributed by atoms with Crippen molar-refractivity contribution in [1.82, 2.24) is 35.8 Å². The minimum atomic E-state index is -0.281. The Morgan fingerprint density at radius 2 is 1.36 bits per heavy atom. The molecule has 3 fully saturated rings. The van der Waals surface area contributed by atoms with Gasteiger partial charge in [-0.2, -0.15) is 0 Å². The van der Waals surface area contributed by atoms with E-state index in [1.165, 1.54) is 20.8 Å².